The molecule has 0 aliphatic rings. The zero-order valence-corrected chi connectivity index (χ0v) is 40.8. The van der Waals surface area contributed by atoms with Gasteiger partial charge in [0.1, 0.15) is 5.82 Å². The van der Waals surface area contributed by atoms with E-state index in [4.69, 9.17) is 4.98 Å². The molecule has 0 N–H and O–H groups in total. The topological polar surface area (TPSA) is 30.7 Å². The molecule has 3 aromatic heterocycles. The van der Waals surface area contributed by atoms with Crippen LogP contribution in [-0.4, -0.2) is 22.6 Å². The van der Waals surface area contributed by atoms with Crippen molar-refractivity contribution in [2.75, 3.05) is 0 Å². The Balaban J connectivity index is 0.000000271. The molecule has 0 aliphatic heterocycles. The maximum absolute atomic E-state index is 13.7. The van der Waals surface area contributed by atoms with Crippen LogP contribution in [0.25, 0.3) is 81.8 Å². The molecule has 7 heteroatoms. The van der Waals surface area contributed by atoms with Gasteiger partial charge >= 0.3 is 0 Å². The van der Waals surface area contributed by atoms with Gasteiger partial charge in [-0.3, -0.25) is 4.98 Å². The molecule has 0 bridgehead atoms. The first-order valence-electron chi connectivity index (χ1n) is 21.1. The van der Waals surface area contributed by atoms with Crippen molar-refractivity contribution in [2.24, 2.45) is 0 Å². The van der Waals surface area contributed by atoms with Crippen molar-refractivity contribution < 1.29 is 24.5 Å². The number of benzene rings is 7. The van der Waals surface area contributed by atoms with Crippen LogP contribution in [0.2, 0.25) is 19.6 Å². The fourth-order valence-electron chi connectivity index (χ4n) is 8.00. The number of aryl methyl sites for hydroxylation is 1. The minimum Gasteiger partial charge on any atom is -0.333 e. The van der Waals surface area contributed by atoms with E-state index in [-0.39, 0.29) is 31.3 Å². The molecule has 7 aromatic carbocycles. The number of hydrogen-bond acceptors (Lipinski definition) is 3. The molecular weight excluding hydrogens is 986 g/mol. The fourth-order valence-corrected chi connectivity index (χ4v) is 10.4. The van der Waals surface area contributed by atoms with Crippen LogP contribution < -0.4 is 5.19 Å². The van der Waals surface area contributed by atoms with Crippen molar-refractivity contribution in [1.82, 2.24) is 14.5 Å². The van der Waals surface area contributed by atoms with Crippen LogP contribution in [0.1, 0.15) is 31.9 Å². The molecular formula is C56H48FIrN3SSi-2. The molecule has 0 amide bonds. The summed E-state index contributed by atoms with van der Waals surface area (Å²) in [5, 5.41) is 3.83. The Morgan fingerprint density at radius 3 is 2.14 bits per heavy atom. The van der Waals surface area contributed by atoms with Gasteiger partial charge in [-0.2, -0.15) is 11.3 Å². The molecule has 10 rings (SSSR count). The molecule has 0 saturated carbocycles. The average Bonchev–Trinajstić information content (AvgIpc) is 3.86. The predicted octanol–water partition coefficient (Wildman–Crippen LogP) is 15.0. The Bertz CT molecular complexity index is 3200. The third-order valence-corrected chi connectivity index (χ3v) is 14.7. The second kappa shape index (κ2) is 17.7. The smallest absolute Gasteiger partial charge is 0.123 e. The van der Waals surface area contributed by atoms with Gasteiger partial charge < -0.3 is 9.55 Å². The number of thiophene rings is 1. The summed E-state index contributed by atoms with van der Waals surface area (Å²) in [4.78, 5) is 9.81. The maximum atomic E-state index is 13.7. The molecule has 0 fully saturated rings. The maximum Gasteiger partial charge on any atom is 0.123 e. The van der Waals surface area contributed by atoms with Crippen molar-refractivity contribution in [3.05, 3.63) is 193 Å². The Morgan fingerprint density at radius 2 is 1.44 bits per heavy atom. The third kappa shape index (κ3) is 8.89. The van der Waals surface area contributed by atoms with E-state index < -0.39 is 8.07 Å². The number of halogens is 1. The first-order chi connectivity index (χ1) is 29.8. The second-order valence-electron chi connectivity index (χ2n) is 17.9. The monoisotopic (exact) mass is 1030 g/mol. The van der Waals surface area contributed by atoms with Crippen LogP contribution >= 0.6 is 11.3 Å². The summed E-state index contributed by atoms with van der Waals surface area (Å²) in [6, 6.07) is 60.3. The third-order valence-electron chi connectivity index (χ3n) is 11.5. The summed E-state index contributed by atoms with van der Waals surface area (Å²) in [5.74, 6) is 0.644. The number of imidazole rings is 1. The number of nitrogens with zero attached hydrogens (tertiary/aromatic N) is 3. The minimum atomic E-state index is -1.23. The van der Waals surface area contributed by atoms with Crippen molar-refractivity contribution in [2.45, 2.75) is 52.8 Å². The van der Waals surface area contributed by atoms with Crippen LogP contribution in [0.5, 0.6) is 0 Å². The zero-order valence-electron chi connectivity index (χ0n) is 36.5. The molecule has 0 saturated heterocycles. The van der Waals surface area contributed by atoms with Gasteiger partial charge in [-0.1, -0.05) is 143 Å². The van der Waals surface area contributed by atoms with E-state index in [1.165, 1.54) is 55.0 Å². The molecule has 3 nitrogen and oxygen atoms in total. The van der Waals surface area contributed by atoms with Gasteiger partial charge in [0.2, 0.25) is 0 Å². The fraction of sp³-hybridized carbons (Fsp3) is 0.143. The van der Waals surface area contributed by atoms with E-state index in [1.807, 2.05) is 42.6 Å². The number of aromatic nitrogens is 3. The van der Waals surface area contributed by atoms with Crippen LogP contribution in [-0.2, 0) is 25.5 Å². The number of para-hydroxylation sites is 2. The summed E-state index contributed by atoms with van der Waals surface area (Å²) in [6.45, 7) is 15.9. The van der Waals surface area contributed by atoms with Crippen LogP contribution in [0.4, 0.5) is 4.39 Å². The van der Waals surface area contributed by atoms with Gasteiger partial charge in [0.05, 0.1) is 24.9 Å². The Hall–Kier alpha value is -5.82. The zero-order chi connectivity index (χ0) is 43.2. The summed E-state index contributed by atoms with van der Waals surface area (Å²) >= 11 is 1.77. The van der Waals surface area contributed by atoms with Crippen molar-refractivity contribution in [3.8, 4) is 50.6 Å². The summed E-state index contributed by atoms with van der Waals surface area (Å²) in [7, 11) is -1.23. The summed E-state index contributed by atoms with van der Waals surface area (Å²) in [5.41, 5.74) is 13.0. The molecule has 0 aliphatic carbocycles. The standard InChI is InChI=1S/C42H32FN2S.C14H16NSi.Ir/c1-26-14-21-33(40-39(26)32-22-17-29(24-38(32)46-40)27-15-19-31(43)20-16-27)41-44-35-12-8-9-13-37(35)45(41)36-23-18-30(42(2,3)4)25-34(36)28-10-6-5-7-11-28;1-16(2,3)13-9-10-14(15-11-13)12-7-5-4-6-8-12;/h5-20,22-25H,1-4H3;4-7,9-11H,1-3H3;/q2*-1;. The molecule has 3 heterocycles. The molecule has 1 radical (unpaired) electrons. The molecule has 63 heavy (non-hydrogen) atoms. The molecule has 0 unspecified atom stereocenters. The molecule has 0 spiro atoms. The normalized spacial score (nSPS) is 11.7. The molecule has 0 atom stereocenters. The molecule has 315 valence electrons. The largest absolute Gasteiger partial charge is 0.333 e. The number of fused-ring (bicyclic) bond motifs is 4. The molecule has 10 aromatic rings. The van der Waals surface area contributed by atoms with E-state index in [0.717, 1.165) is 55.2 Å². The van der Waals surface area contributed by atoms with Crippen LogP contribution in [0.3, 0.4) is 0 Å². The Labute approximate surface area is 388 Å². The predicted molar refractivity (Wildman–Crippen MR) is 264 cm³/mol. The van der Waals surface area contributed by atoms with E-state index in [0.29, 0.717) is 0 Å². The number of rotatable bonds is 6. The van der Waals surface area contributed by atoms with Crippen molar-refractivity contribution >= 4 is 55.8 Å². The van der Waals surface area contributed by atoms with Gasteiger partial charge in [0.15, 0.2) is 0 Å². The van der Waals surface area contributed by atoms with Crippen molar-refractivity contribution in [3.63, 3.8) is 0 Å². The van der Waals surface area contributed by atoms with Gasteiger partial charge in [-0.15, -0.1) is 53.6 Å². The number of hydrogen-bond donors (Lipinski definition) is 0. The minimum absolute atomic E-state index is 0. The first kappa shape index (κ1) is 43.8. The van der Waals surface area contributed by atoms with E-state index in [2.05, 4.69) is 178 Å². The Morgan fingerprint density at radius 1 is 0.714 bits per heavy atom. The SMILES string of the molecule is C[Si](C)(C)c1ccc(-c2[c-]cccc2)nc1.Cc1c[c-]c(-c2nc3ccccc3n2-c2ccc(C(C)(C)C)cc2-c2ccccc2)c2sc3cc(-c4ccc(F)cc4)ccc3c12.[Ir]. The van der Waals surface area contributed by atoms with Gasteiger partial charge in [-0.05, 0) is 91.1 Å². The van der Waals surface area contributed by atoms with E-state index >= 15 is 0 Å². The van der Waals surface area contributed by atoms with Gasteiger partial charge in [0.25, 0.3) is 0 Å². The Kier molecular flexibility index (Phi) is 12.3. The quantitative estimate of drug-likeness (QED) is 0.123. The van der Waals surface area contributed by atoms with E-state index in [1.54, 1.807) is 11.3 Å². The van der Waals surface area contributed by atoms with Gasteiger partial charge in [-0.25, -0.2) is 4.39 Å². The first-order valence-corrected chi connectivity index (χ1v) is 25.4. The van der Waals surface area contributed by atoms with Crippen LogP contribution in [0.15, 0.2) is 164 Å². The second-order valence-corrected chi connectivity index (χ2v) is 24.1. The summed E-state index contributed by atoms with van der Waals surface area (Å²) < 4.78 is 18.3. The summed E-state index contributed by atoms with van der Waals surface area (Å²) in [6.07, 6.45) is 2.02. The van der Waals surface area contributed by atoms with E-state index in [9.17, 15) is 4.39 Å². The average molecular weight is 1030 g/mol. The van der Waals surface area contributed by atoms with Gasteiger partial charge in [0, 0.05) is 42.3 Å². The number of pyridine rings is 1. The van der Waals surface area contributed by atoms with Crippen LogP contribution in [0, 0.1) is 24.9 Å². The van der Waals surface area contributed by atoms with Crippen molar-refractivity contribution in [1.29, 1.82) is 0 Å².